The Bertz CT molecular complexity index is 876. The van der Waals surface area contributed by atoms with Crippen molar-refractivity contribution < 1.29 is 23.9 Å². The van der Waals surface area contributed by atoms with Crippen LogP contribution in [0.2, 0.25) is 0 Å². The molecule has 2 rings (SSSR count). The number of nitrogens with one attached hydrogen (secondary N) is 2. The smallest absolute Gasteiger partial charge is 0.303 e. The van der Waals surface area contributed by atoms with Crippen molar-refractivity contribution in [2.75, 3.05) is 5.32 Å². The number of carbonyl (C=O) groups is 3. The third-order valence-corrected chi connectivity index (χ3v) is 5.01. The van der Waals surface area contributed by atoms with Gasteiger partial charge in [-0.1, -0.05) is 6.07 Å². The van der Waals surface area contributed by atoms with Crippen LogP contribution in [0.1, 0.15) is 52.3 Å². The van der Waals surface area contributed by atoms with Crippen LogP contribution in [0.5, 0.6) is 0 Å². The Hall–Kier alpha value is -2.74. The molecular formula is C19H21FN2O4S. The Labute approximate surface area is 160 Å². The number of rotatable bonds is 7. The number of aryl methyl sites for hydroxylation is 1. The van der Waals surface area contributed by atoms with Gasteiger partial charge in [0.1, 0.15) is 5.82 Å². The van der Waals surface area contributed by atoms with Gasteiger partial charge >= 0.3 is 5.97 Å². The van der Waals surface area contributed by atoms with E-state index in [2.05, 4.69) is 10.6 Å². The van der Waals surface area contributed by atoms with Crippen LogP contribution in [0.4, 0.5) is 9.39 Å². The number of hydrogen-bond donors (Lipinski definition) is 3. The van der Waals surface area contributed by atoms with Crippen LogP contribution in [0, 0.1) is 12.7 Å². The number of anilines is 1. The van der Waals surface area contributed by atoms with Crippen molar-refractivity contribution in [3.05, 3.63) is 52.2 Å². The predicted octanol–water partition coefficient (Wildman–Crippen LogP) is 3.82. The van der Waals surface area contributed by atoms with Gasteiger partial charge in [-0.2, -0.15) is 0 Å². The molecule has 27 heavy (non-hydrogen) atoms. The molecule has 0 aliphatic heterocycles. The molecule has 0 bridgehead atoms. The molecule has 0 aliphatic rings. The molecule has 1 heterocycles. The van der Waals surface area contributed by atoms with Crippen LogP contribution in [0.25, 0.3) is 0 Å². The van der Waals surface area contributed by atoms with E-state index in [-0.39, 0.29) is 17.9 Å². The molecule has 1 aromatic heterocycles. The summed E-state index contributed by atoms with van der Waals surface area (Å²) in [5.41, 5.74) is 0.180. The molecule has 0 fully saturated rings. The molecule has 6 nitrogen and oxygen atoms in total. The normalized spacial score (nSPS) is 11.1. The molecule has 0 spiro atoms. The summed E-state index contributed by atoms with van der Waals surface area (Å²) in [5, 5.41) is 14.7. The van der Waals surface area contributed by atoms with Crippen molar-refractivity contribution in [2.24, 2.45) is 0 Å². The molecule has 0 saturated heterocycles. The van der Waals surface area contributed by atoms with E-state index in [1.807, 2.05) is 0 Å². The monoisotopic (exact) mass is 392 g/mol. The average Bonchev–Trinajstić information content (AvgIpc) is 2.93. The van der Waals surface area contributed by atoms with E-state index < -0.39 is 23.2 Å². The largest absolute Gasteiger partial charge is 0.481 e. The van der Waals surface area contributed by atoms with Crippen molar-refractivity contribution in [3.8, 4) is 0 Å². The lowest BCUT2D eigenvalue weighted by Crippen LogP contribution is -2.43. The Morgan fingerprint density at radius 3 is 2.52 bits per heavy atom. The topological polar surface area (TPSA) is 95.5 Å². The Morgan fingerprint density at radius 2 is 1.89 bits per heavy atom. The fourth-order valence-electron chi connectivity index (χ4n) is 2.43. The second-order valence-electron chi connectivity index (χ2n) is 6.82. The van der Waals surface area contributed by atoms with Crippen LogP contribution >= 0.6 is 11.3 Å². The summed E-state index contributed by atoms with van der Waals surface area (Å²) in [5.74, 6) is -2.23. The number of aliphatic carboxylic acids is 1. The summed E-state index contributed by atoms with van der Waals surface area (Å²) in [6.07, 6.45) is 0.243. The molecule has 2 amide bonds. The summed E-state index contributed by atoms with van der Waals surface area (Å²) < 4.78 is 13.2. The SMILES string of the molecule is Cc1cc(NC(=O)c2cccc(F)c2)sc1C(=O)NC(C)(C)CCC(=O)O. The Kier molecular flexibility index (Phi) is 6.32. The summed E-state index contributed by atoms with van der Waals surface area (Å²) in [6, 6.07) is 7.00. The lowest BCUT2D eigenvalue weighted by atomic mass is 9.98. The summed E-state index contributed by atoms with van der Waals surface area (Å²) in [7, 11) is 0. The van der Waals surface area contributed by atoms with Crippen LogP contribution in [0.3, 0.4) is 0 Å². The van der Waals surface area contributed by atoms with E-state index in [1.54, 1.807) is 26.8 Å². The molecule has 0 unspecified atom stereocenters. The van der Waals surface area contributed by atoms with Gasteiger partial charge in [0.05, 0.1) is 9.88 Å². The quantitative estimate of drug-likeness (QED) is 0.667. The number of amides is 2. The van der Waals surface area contributed by atoms with Crippen molar-refractivity contribution in [1.82, 2.24) is 5.32 Å². The van der Waals surface area contributed by atoms with Crippen molar-refractivity contribution in [3.63, 3.8) is 0 Å². The number of thiophene rings is 1. The molecule has 8 heteroatoms. The van der Waals surface area contributed by atoms with Gasteiger partial charge in [0.2, 0.25) is 0 Å². The fourth-order valence-corrected chi connectivity index (χ4v) is 3.39. The van der Waals surface area contributed by atoms with Crippen molar-refractivity contribution in [2.45, 2.75) is 39.2 Å². The van der Waals surface area contributed by atoms with E-state index in [9.17, 15) is 18.8 Å². The molecule has 1 aromatic carbocycles. The number of carboxylic acid groups (broad SMARTS) is 1. The first-order chi connectivity index (χ1) is 12.6. The van der Waals surface area contributed by atoms with Gasteiger partial charge in [0.15, 0.2) is 0 Å². The predicted molar refractivity (Wildman–Crippen MR) is 102 cm³/mol. The van der Waals surface area contributed by atoms with Crippen molar-refractivity contribution >= 4 is 34.1 Å². The average molecular weight is 392 g/mol. The third kappa shape index (κ3) is 5.89. The standard InChI is InChI=1S/C19H21FN2O4S/c1-11-9-14(21-17(25)12-5-4-6-13(20)10-12)27-16(11)18(26)22-19(2,3)8-7-15(23)24/h4-6,9-10H,7-8H2,1-3H3,(H,21,25)(H,22,26)(H,23,24). The minimum Gasteiger partial charge on any atom is -0.481 e. The highest BCUT2D eigenvalue weighted by atomic mass is 32.1. The van der Waals surface area contributed by atoms with E-state index in [0.717, 1.165) is 17.4 Å². The van der Waals surface area contributed by atoms with E-state index in [4.69, 9.17) is 5.11 Å². The van der Waals surface area contributed by atoms with Crippen LogP contribution < -0.4 is 10.6 Å². The maximum absolute atomic E-state index is 13.2. The highest BCUT2D eigenvalue weighted by molar-refractivity contribution is 7.18. The Balaban J connectivity index is 2.08. The summed E-state index contributed by atoms with van der Waals surface area (Å²) in [4.78, 5) is 35.9. The van der Waals surface area contributed by atoms with Crippen molar-refractivity contribution in [1.29, 1.82) is 0 Å². The van der Waals surface area contributed by atoms with Gasteiger partial charge in [-0.05, 0) is 57.0 Å². The minimum absolute atomic E-state index is 0.0500. The number of benzene rings is 1. The number of hydrogen-bond acceptors (Lipinski definition) is 4. The molecule has 0 saturated carbocycles. The first kappa shape index (κ1) is 20.6. The molecule has 144 valence electrons. The van der Waals surface area contributed by atoms with Gasteiger partial charge in [0.25, 0.3) is 11.8 Å². The van der Waals surface area contributed by atoms with Gasteiger partial charge < -0.3 is 15.7 Å². The molecule has 0 atom stereocenters. The van der Waals surface area contributed by atoms with Gasteiger partial charge in [-0.15, -0.1) is 11.3 Å². The first-order valence-electron chi connectivity index (χ1n) is 8.29. The molecule has 2 aromatic rings. The first-order valence-corrected chi connectivity index (χ1v) is 9.11. The molecule has 0 radical (unpaired) electrons. The highest BCUT2D eigenvalue weighted by Crippen LogP contribution is 2.28. The molecular weight excluding hydrogens is 371 g/mol. The second-order valence-corrected chi connectivity index (χ2v) is 7.87. The van der Waals surface area contributed by atoms with Gasteiger partial charge in [-0.25, -0.2) is 4.39 Å². The van der Waals surface area contributed by atoms with Crippen LogP contribution in [-0.2, 0) is 4.79 Å². The maximum Gasteiger partial charge on any atom is 0.303 e. The number of halogens is 1. The lowest BCUT2D eigenvalue weighted by Gasteiger charge is -2.25. The zero-order valence-corrected chi connectivity index (χ0v) is 16.1. The summed E-state index contributed by atoms with van der Waals surface area (Å²) >= 11 is 1.11. The maximum atomic E-state index is 13.2. The van der Waals surface area contributed by atoms with E-state index >= 15 is 0 Å². The Morgan fingerprint density at radius 1 is 1.19 bits per heavy atom. The highest BCUT2D eigenvalue weighted by Gasteiger charge is 2.24. The number of carbonyl (C=O) groups excluding carboxylic acids is 2. The lowest BCUT2D eigenvalue weighted by molar-refractivity contribution is -0.137. The summed E-state index contributed by atoms with van der Waals surface area (Å²) in [6.45, 7) is 5.25. The molecule has 0 aliphatic carbocycles. The van der Waals surface area contributed by atoms with E-state index in [1.165, 1.54) is 18.2 Å². The van der Waals surface area contributed by atoms with Gasteiger partial charge in [0, 0.05) is 17.5 Å². The third-order valence-electron chi connectivity index (χ3n) is 3.86. The second kappa shape index (κ2) is 8.30. The minimum atomic E-state index is -0.924. The fraction of sp³-hybridized carbons (Fsp3) is 0.316. The van der Waals surface area contributed by atoms with E-state index in [0.29, 0.717) is 21.9 Å². The zero-order valence-electron chi connectivity index (χ0n) is 15.3. The number of carboxylic acids is 1. The van der Waals surface area contributed by atoms with Crippen LogP contribution in [0.15, 0.2) is 30.3 Å². The van der Waals surface area contributed by atoms with Gasteiger partial charge in [-0.3, -0.25) is 14.4 Å². The van der Waals surface area contributed by atoms with Crippen LogP contribution in [-0.4, -0.2) is 28.4 Å². The zero-order chi connectivity index (χ0) is 20.2. The molecule has 3 N–H and O–H groups in total.